The topological polar surface area (TPSA) is 21.3 Å². The molecule has 0 atom stereocenters. The van der Waals surface area contributed by atoms with Gasteiger partial charge in [0.05, 0.1) is 0 Å². The van der Waals surface area contributed by atoms with E-state index in [4.69, 9.17) is 4.74 Å². The molecule has 58 valence electrons. The SMILES string of the molecule is COc1ccc2c(c1)NC[Se]2. The summed E-state index contributed by atoms with van der Waals surface area (Å²) in [4.78, 5) is 0. The van der Waals surface area contributed by atoms with Gasteiger partial charge in [-0.05, 0) is 0 Å². The van der Waals surface area contributed by atoms with Crippen LogP contribution in [0.4, 0.5) is 5.69 Å². The predicted octanol–water partition coefficient (Wildman–Crippen LogP) is 0.408. The number of hydrogen-bond donors (Lipinski definition) is 1. The number of rotatable bonds is 1. The van der Waals surface area contributed by atoms with Gasteiger partial charge in [0, 0.05) is 0 Å². The molecular weight excluding hydrogens is 205 g/mol. The molecule has 0 saturated carbocycles. The molecule has 1 aliphatic heterocycles. The van der Waals surface area contributed by atoms with Crippen LogP contribution in [-0.4, -0.2) is 27.5 Å². The molecular formula is C8H9NOSe. The van der Waals surface area contributed by atoms with Gasteiger partial charge in [-0.3, -0.25) is 0 Å². The molecule has 2 nitrogen and oxygen atoms in total. The predicted molar refractivity (Wildman–Crippen MR) is 46.9 cm³/mol. The molecule has 1 N–H and O–H groups in total. The summed E-state index contributed by atoms with van der Waals surface area (Å²) in [6, 6.07) is 6.23. The second-order valence-electron chi connectivity index (χ2n) is 2.33. The van der Waals surface area contributed by atoms with Crippen LogP contribution in [0.25, 0.3) is 0 Å². The van der Waals surface area contributed by atoms with E-state index in [9.17, 15) is 0 Å². The Morgan fingerprint density at radius 3 is 3.27 bits per heavy atom. The van der Waals surface area contributed by atoms with Gasteiger partial charge in [0.15, 0.2) is 0 Å². The number of ether oxygens (including phenoxy) is 1. The van der Waals surface area contributed by atoms with Crippen LogP contribution in [0, 0.1) is 0 Å². The minimum atomic E-state index is 0.627. The summed E-state index contributed by atoms with van der Waals surface area (Å²) in [5.41, 5.74) is 2.37. The number of benzene rings is 1. The van der Waals surface area contributed by atoms with Gasteiger partial charge >= 0.3 is 71.7 Å². The summed E-state index contributed by atoms with van der Waals surface area (Å²) in [6.07, 6.45) is 0. The first kappa shape index (κ1) is 7.01. The van der Waals surface area contributed by atoms with Crippen LogP contribution >= 0.6 is 0 Å². The summed E-state index contributed by atoms with van der Waals surface area (Å²) in [5.74, 6) is 0.939. The van der Waals surface area contributed by atoms with Gasteiger partial charge in [-0.1, -0.05) is 0 Å². The molecule has 0 aliphatic carbocycles. The molecule has 1 heterocycles. The van der Waals surface area contributed by atoms with Crippen molar-refractivity contribution >= 4 is 25.1 Å². The van der Waals surface area contributed by atoms with Gasteiger partial charge < -0.3 is 0 Å². The van der Waals surface area contributed by atoms with Crippen LogP contribution in [-0.2, 0) is 0 Å². The van der Waals surface area contributed by atoms with E-state index >= 15 is 0 Å². The molecule has 0 unspecified atom stereocenters. The normalized spacial score (nSPS) is 13.9. The van der Waals surface area contributed by atoms with E-state index in [-0.39, 0.29) is 0 Å². The minimum absolute atomic E-state index is 0.627. The van der Waals surface area contributed by atoms with E-state index in [1.807, 2.05) is 6.07 Å². The number of fused-ring (bicyclic) bond motifs is 1. The molecule has 0 bridgehead atoms. The van der Waals surface area contributed by atoms with Crippen molar-refractivity contribution in [2.24, 2.45) is 0 Å². The van der Waals surface area contributed by atoms with Crippen LogP contribution in [0.1, 0.15) is 0 Å². The number of hydrogen-bond acceptors (Lipinski definition) is 2. The zero-order valence-corrected chi connectivity index (χ0v) is 7.97. The molecule has 1 aliphatic rings. The standard InChI is InChI=1S/C8H9NOSe/c1-10-6-2-3-8-7(4-6)9-5-11-8/h2-4,9H,5H2,1H3. The summed E-state index contributed by atoms with van der Waals surface area (Å²) in [6.45, 7) is 0. The first-order chi connectivity index (χ1) is 5.40. The number of nitrogens with one attached hydrogen (secondary N) is 1. The average molecular weight is 214 g/mol. The van der Waals surface area contributed by atoms with E-state index < -0.39 is 0 Å². The van der Waals surface area contributed by atoms with Crippen molar-refractivity contribution in [3.63, 3.8) is 0 Å². The van der Waals surface area contributed by atoms with E-state index in [1.165, 1.54) is 10.1 Å². The summed E-state index contributed by atoms with van der Waals surface area (Å²) in [5, 5.41) is 3.32. The van der Waals surface area contributed by atoms with Gasteiger partial charge in [-0.25, -0.2) is 0 Å². The fraction of sp³-hybridized carbons (Fsp3) is 0.250. The molecule has 2 rings (SSSR count). The van der Waals surface area contributed by atoms with Crippen LogP contribution < -0.4 is 14.5 Å². The van der Waals surface area contributed by atoms with Crippen molar-refractivity contribution in [1.82, 2.24) is 0 Å². The zero-order chi connectivity index (χ0) is 7.68. The van der Waals surface area contributed by atoms with Crippen molar-refractivity contribution in [1.29, 1.82) is 0 Å². The number of methoxy groups -OCH3 is 1. The average Bonchev–Trinajstić information content (AvgIpc) is 2.50. The van der Waals surface area contributed by atoms with Crippen LogP contribution in [0.2, 0.25) is 0 Å². The van der Waals surface area contributed by atoms with E-state index in [0.717, 1.165) is 11.2 Å². The maximum absolute atomic E-state index is 5.11. The monoisotopic (exact) mass is 215 g/mol. The molecule has 11 heavy (non-hydrogen) atoms. The van der Waals surface area contributed by atoms with Crippen LogP contribution in [0.15, 0.2) is 18.2 Å². The van der Waals surface area contributed by atoms with Crippen LogP contribution in [0.5, 0.6) is 5.75 Å². The van der Waals surface area contributed by atoms with Crippen molar-refractivity contribution in [3.05, 3.63) is 18.2 Å². The Morgan fingerprint density at radius 2 is 2.45 bits per heavy atom. The Bertz CT molecular complexity index is 275. The van der Waals surface area contributed by atoms with Crippen molar-refractivity contribution < 1.29 is 4.74 Å². The van der Waals surface area contributed by atoms with E-state index in [2.05, 4.69) is 17.4 Å². The molecule has 0 saturated heterocycles. The quantitative estimate of drug-likeness (QED) is 0.683. The van der Waals surface area contributed by atoms with Crippen LogP contribution in [0.3, 0.4) is 0 Å². The molecule has 0 amide bonds. The Balaban J connectivity index is 2.41. The molecule has 0 spiro atoms. The van der Waals surface area contributed by atoms with Gasteiger partial charge in [0.1, 0.15) is 0 Å². The molecule has 1 aromatic rings. The molecule has 0 radical (unpaired) electrons. The van der Waals surface area contributed by atoms with Crippen molar-refractivity contribution in [2.75, 3.05) is 17.9 Å². The molecule has 3 heteroatoms. The Hall–Kier alpha value is -0.661. The van der Waals surface area contributed by atoms with E-state index in [1.54, 1.807) is 7.11 Å². The number of anilines is 1. The van der Waals surface area contributed by atoms with Crippen molar-refractivity contribution in [3.8, 4) is 5.75 Å². The van der Waals surface area contributed by atoms with Gasteiger partial charge in [-0.15, -0.1) is 0 Å². The van der Waals surface area contributed by atoms with Gasteiger partial charge in [-0.2, -0.15) is 0 Å². The van der Waals surface area contributed by atoms with Gasteiger partial charge in [0.25, 0.3) is 0 Å². The third kappa shape index (κ3) is 1.22. The summed E-state index contributed by atoms with van der Waals surface area (Å²) >= 11 is 0.627. The second kappa shape index (κ2) is 2.76. The summed E-state index contributed by atoms with van der Waals surface area (Å²) in [7, 11) is 1.70. The summed E-state index contributed by atoms with van der Waals surface area (Å²) < 4.78 is 6.56. The zero-order valence-electron chi connectivity index (χ0n) is 6.26. The Morgan fingerprint density at radius 1 is 1.55 bits per heavy atom. The molecule has 1 aromatic carbocycles. The van der Waals surface area contributed by atoms with E-state index in [0.29, 0.717) is 15.0 Å². The Kier molecular flexibility index (Phi) is 1.76. The first-order valence-electron chi connectivity index (χ1n) is 3.45. The first-order valence-corrected chi connectivity index (χ1v) is 5.51. The fourth-order valence-electron chi connectivity index (χ4n) is 1.09. The third-order valence-electron chi connectivity index (χ3n) is 1.68. The Labute approximate surface area is 72.1 Å². The molecule has 0 aromatic heterocycles. The molecule has 0 fully saturated rings. The third-order valence-corrected chi connectivity index (χ3v) is 3.68. The maximum atomic E-state index is 5.11. The van der Waals surface area contributed by atoms with Crippen molar-refractivity contribution in [2.45, 2.75) is 0 Å². The fourth-order valence-corrected chi connectivity index (χ4v) is 2.84. The van der Waals surface area contributed by atoms with Gasteiger partial charge in [0.2, 0.25) is 0 Å². The second-order valence-corrected chi connectivity index (χ2v) is 4.46.